The summed E-state index contributed by atoms with van der Waals surface area (Å²) in [6, 6.07) is 9.53. The summed E-state index contributed by atoms with van der Waals surface area (Å²) in [5, 5.41) is 0. The second-order valence-electron chi connectivity index (χ2n) is 6.91. The Balaban J connectivity index is 1.43. The number of likely N-dealkylation sites (tertiary alicyclic amines) is 1. The van der Waals surface area contributed by atoms with Crippen molar-refractivity contribution in [3.63, 3.8) is 0 Å². The van der Waals surface area contributed by atoms with Crippen LogP contribution >= 0.6 is 0 Å². The van der Waals surface area contributed by atoms with Crippen molar-refractivity contribution < 1.29 is 4.79 Å². The Kier molecular flexibility index (Phi) is 4.36. The zero-order chi connectivity index (χ0) is 17.2. The number of hydrogen-bond donors (Lipinski definition) is 0. The molecule has 4 heterocycles. The van der Waals surface area contributed by atoms with Crippen LogP contribution in [0, 0.1) is 0 Å². The van der Waals surface area contributed by atoms with Gasteiger partial charge in [0.2, 0.25) is 5.91 Å². The minimum absolute atomic E-state index is 0.0572. The summed E-state index contributed by atoms with van der Waals surface area (Å²) >= 11 is 0. The standard InChI is InChI=1S/C19H22N4O2/c24-18-5-1-2-9-22(18)14-19(25)23-16-6-7-17(23)13-21(12-16)11-15-4-3-8-20-10-15/h1-5,8-10,16-17H,6-7,11-14H2. The van der Waals surface area contributed by atoms with Crippen molar-refractivity contribution >= 4 is 5.91 Å². The second-order valence-corrected chi connectivity index (χ2v) is 6.91. The molecular weight excluding hydrogens is 316 g/mol. The number of piperazine rings is 1. The third kappa shape index (κ3) is 3.35. The molecule has 0 aromatic carbocycles. The third-order valence-electron chi connectivity index (χ3n) is 5.18. The van der Waals surface area contributed by atoms with Crippen molar-refractivity contribution in [1.29, 1.82) is 0 Å². The highest BCUT2D eigenvalue weighted by molar-refractivity contribution is 5.77. The Morgan fingerprint density at radius 3 is 2.60 bits per heavy atom. The molecule has 2 aliphatic heterocycles. The van der Waals surface area contributed by atoms with E-state index >= 15 is 0 Å². The Hall–Kier alpha value is -2.47. The summed E-state index contributed by atoms with van der Waals surface area (Å²) in [4.78, 5) is 33.3. The molecule has 0 spiro atoms. The van der Waals surface area contributed by atoms with Gasteiger partial charge in [0.05, 0.1) is 0 Å². The lowest BCUT2D eigenvalue weighted by Crippen LogP contribution is -2.56. The molecule has 1 amide bonds. The number of nitrogens with zero attached hydrogens (tertiary/aromatic N) is 4. The van der Waals surface area contributed by atoms with E-state index in [2.05, 4.69) is 16.0 Å². The van der Waals surface area contributed by atoms with Gasteiger partial charge in [-0.1, -0.05) is 12.1 Å². The summed E-state index contributed by atoms with van der Waals surface area (Å²) in [7, 11) is 0. The van der Waals surface area contributed by atoms with Gasteiger partial charge in [-0.3, -0.25) is 19.5 Å². The fourth-order valence-electron chi connectivity index (χ4n) is 4.10. The minimum atomic E-state index is -0.126. The molecule has 25 heavy (non-hydrogen) atoms. The van der Waals surface area contributed by atoms with Gasteiger partial charge in [0.25, 0.3) is 5.56 Å². The molecule has 2 atom stereocenters. The van der Waals surface area contributed by atoms with E-state index in [1.165, 1.54) is 16.2 Å². The summed E-state index contributed by atoms with van der Waals surface area (Å²) in [5.41, 5.74) is 1.08. The van der Waals surface area contributed by atoms with Gasteiger partial charge >= 0.3 is 0 Å². The number of hydrogen-bond acceptors (Lipinski definition) is 4. The Morgan fingerprint density at radius 2 is 1.92 bits per heavy atom. The summed E-state index contributed by atoms with van der Waals surface area (Å²) < 4.78 is 1.49. The first-order valence-electron chi connectivity index (χ1n) is 8.78. The maximum atomic E-state index is 12.8. The van der Waals surface area contributed by atoms with Crippen LogP contribution < -0.4 is 5.56 Å². The normalized spacial score (nSPS) is 23.0. The molecule has 2 bridgehead atoms. The van der Waals surface area contributed by atoms with Crippen LogP contribution in [0.1, 0.15) is 18.4 Å². The number of fused-ring (bicyclic) bond motifs is 2. The number of carbonyl (C=O) groups is 1. The van der Waals surface area contributed by atoms with Gasteiger partial charge in [0, 0.05) is 56.4 Å². The van der Waals surface area contributed by atoms with Gasteiger partial charge in [-0.25, -0.2) is 0 Å². The Morgan fingerprint density at radius 1 is 1.12 bits per heavy atom. The molecule has 2 aromatic heterocycles. The molecule has 2 aromatic rings. The average molecular weight is 338 g/mol. The highest BCUT2D eigenvalue weighted by Gasteiger charge is 2.42. The van der Waals surface area contributed by atoms with Crippen molar-refractivity contribution in [2.24, 2.45) is 0 Å². The van der Waals surface area contributed by atoms with E-state index in [9.17, 15) is 9.59 Å². The maximum Gasteiger partial charge on any atom is 0.250 e. The SMILES string of the molecule is O=C(Cn1ccccc1=O)N1C2CCC1CN(Cc1cccnc1)C2. The topological polar surface area (TPSA) is 58.4 Å². The van der Waals surface area contributed by atoms with Crippen LogP contribution in [-0.2, 0) is 17.9 Å². The third-order valence-corrected chi connectivity index (χ3v) is 5.18. The number of aromatic nitrogens is 2. The minimum Gasteiger partial charge on any atom is -0.333 e. The van der Waals surface area contributed by atoms with E-state index in [4.69, 9.17) is 0 Å². The van der Waals surface area contributed by atoms with E-state index < -0.39 is 0 Å². The predicted molar refractivity (Wildman–Crippen MR) is 93.9 cm³/mol. The predicted octanol–water partition coefficient (Wildman–Crippen LogP) is 1.12. The second kappa shape index (κ2) is 6.80. The van der Waals surface area contributed by atoms with Crippen molar-refractivity contribution in [3.05, 3.63) is 64.8 Å². The molecule has 2 unspecified atom stereocenters. The van der Waals surface area contributed by atoms with Gasteiger partial charge in [-0.05, 0) is 30.5 Å². The number of amides is 1. The Labute approximate surface area is 146 Å². The fraction of sp³-hybridized carbons (Fsp3) is 0.421. The zero-order valence-electron chi connectivity index (χ0n) is 14.1. The van der Waals surface area contributed by atoms with Crippen molar-refractivity contribution in [1.82, 2.24) is 19.4 Å². The lowest BCUT2D eigenvalue weighted by Gasteiger charge is -2.41. The highest BCUT2D eigenvalue weighted by atomic mass is 16.2. The lowest BCUT2D eigenvalue weighted by molar-refractivity contribution is -0.137. The van der Waals surface area contributed by atoms with E-state index in [-0.39, 0.29) is 30.1 Å². The largest absolute Gasteiger partial charge is 0.333 e. The molecule has 2 saturated heterocycles. The number of carbonyl (C=O) groups excluding carboxylic acids is 1. The molecule has 0 saturated carbocycles. The number of rotatable bonds is 4. The first-order chi connectivity index (χ1) is 12.2. The number of pyridine rings is 2. The molecule has 2 aliphatic rings. The molecular formula is C19H22N4O2. The summed E-state index contributed by atoms with van der Waals surface area (Å²) in [5.74, 6) is 0.0572. The summed E-state index contributed by atoms with van der Waals surface area (Å²) in [6.07, 6.45) is 7.46. The van der Waals surface area contributed by atoms with Gasteiger partial charge in [0.15, 0.2) is 0 Å². The molecule has 0 aliphatic carbocycles. The smallest absolute Gasteiger partial charge is 0.250 e. The molecule has 6 heteroatoms. The Bertz CT molecular complexity index is 790. The van der Waals surface area contributed by atoms with E-state index in [1.54, 1.807) is 24.5 Å². The summed E-state index contributed by atoms with van der Waals surface area (Å²) in [6.45, 7) is 2.79. The average Bonchev–Trinajstić information content (AvgIpc) is 2.89. The van der Waals surface area contributed by atoms with Gasteiger partial charge in [0.1, 0.15) is 6.54 Å². The molecule has 4 rings (SSSR count). The van der Waals surface area contributed by atoms with Crippen LogP contribution in [-0.4, -0.2) is 50.4 Å². The van der Waals surface area contributed by atoms with E-state index in [1.807, 2.05) is 17.2 Å². The quantitative estimate of drug-likeness (QED) is 0.838. The van der Waals surface area contributed by atoms with Crippen LogP contribution in [0.4, 0.5) is 0 Å². The molecule has 0 N–H and O–H groups in total. The van der Waals surface area contributed by atoms with Crippen molar-refractivity contribution in [2.75, 3.05) is 13.1 Å². The van der Waals surface area contributed by atoms with Gasteiger partial charge in [-0.15, -0.1) is 0 Å². The van der Waals surface area contributed by atoms with Crippen LogP contribution in [0.5, 0.6) is 0 Å². The van der Waals surface area contributed by atoms with Crippen molar-refractivity contribution in [3.8, 4) is 0 Å². The van der Waals surface area contributed by atoms with E-state index in [0.29, 0.717) is 0 Å². The molecule has 6 nitrogen and oxygen atoms in total. The zero-order valence-corrected chi connectivity index (χ0v) is 14.1. The maximum absolute atomic E-state index is 12.8. The fourth-order valence-corrected chi connectivity index (χ4v) is 4.10. The molecule has 0 radical (unpaired) electrons. The molecule has 130 valence electrons. The lowest BCUT2D eigenvalue weighted by atomic mass is 10.1. The molecule has 2 fully saturated rings. The first-order valence-corrected chi connectivity index (χ1v) is 8.78. The van der Waals surface area contributed by atoms with Crippen LogP contribution in [0.3, 0.4) is 0 Å². The monoisotopic (exact) mass is 338 g/mol. The van der Waals surface area contributed by atoms with Crippen molar-refractivity contribution in [2.45, 2.75) is 38.0 Å². The van der Waals surface area contributed by atoms with Crippen LogP contribution in [0.25, 0.3) is 0 Å². The van der Waals surface area contributed by atoms with Crippen LogP contribution in [0.15, 0.2) is 53.7 Å². The van der Waals surface area contributed by atoms with Crippen LogP contribution in [0.2, 0.25) is 0 Å². The highest BCUT2D eigenvalue weighted by Crippen LogP contribution is 2.31. The van der Waals surface area contributed by atoms with Gasteiger partial charge < -0.3 is 9.47 Å². The van der Waals surface area contributed by atoms with E-state index in [0.717, 1.165) is 32.5 Å². The first kappa shape index (κ1) is 16.0. The van der Waals surface area contributed by atoms with Gasteiger partial charge in [-0.2, -0.15) is 0 Å².